The van der Waals surface area contributed by atoms with E-state index in [1.807, 2.05) is 48.5 Å². The van der Waals surface area contributed by atoms with Crippen LogP contribution in [0, 0.1) is 12.8 Å². The van der Waals surface area contributed by atoms with Crippen LogP contribution in [0.4, 0.5) is 24.5 Å². The highest BCUT2D eigenvalue weighted by Gasteiger charge is 2.41. The Morgan fingerprint density at radius 2 is 1.93 bits per heavy atom. The smallest absolute Gasteiger partial charge is 0.382 e. The maximum Gasteiger partial charge on any atom is 0.389 e. The zero-order valence-electron chi connectivity index (χ0n) is 22.4. The Labute approximate surface area is 233 Å². The minimum Gasteiger partial charge on any atom is -0.382 e. The molecule has 0 bridgehead atoms. The van der Waals surface area contributed by atoms with E-state index >= 15 is 0 Å². The molecule has 2 amide bonds. The van der Waals surface area contributed by atoms with Gasteiger partial charge < -0.3 is 20.1 Å². The van der Waals surface area contributed by atoms with E-state index in [0.29, 0.717) is 35.6 Å². The minimum absolute atomic E-state index is 0.222. The van der Waals surface area contributed by atoms with Gasteiger partial charge in [0.1, 0.15) is 12.0 Å². The zero-order valence-corrected chi connectivity index (χ0v) is 22.4. The Bertz CT molecular complexity index is 1500. The van der Waals surface area contributed by atoms with Crippen molar-refractivity contribution in [2.45, 2.75) is 44.9 Å². The van der Waals surface area contributed by atoms with Crippen molar-refractivity contribution in [3.05, 3.63) is 77.2 Å². The summed E-state index contributed by atoms with van der Waals surface area (Å²) in [5.41, 5.74) is 3.64. The predicted octanol–water partition coefficient (Wildman–Crippen LogP) is 4.37. The van der Waals surface area contributed by atoms with Gasteiger partial charge in [-0.25, -0.2) is 4.99 Å². The van der Waals surface area contributed by atoms with E-state index in [4.69, 9.17) is 4.52 Å². The van der Waals surface area contributed by atoms with Gasteiger partial charge in [0.15, 0.2) is 0 Å². The fourth-order valence-electron chi connectivity index (χ4n) is 5.45. The predicted molar refractivity (Wildman–Crippen MR) is 145 cm³/mol. The number of aryl methyl sites for hydroxylation is 1. The molecule has 0 unspecified atom stereocenters. The summed E-state index contributed by atoms with van der Waals surface area (Å²) in [6.07, 6.45) is -6.84. The number of aliphatic imine (C=N–C) groups is 1. The second-order valence-corrected chi connectivity index (χ2v) is 10.1. The third-order valence-corrected chi connectivity index (χ3v) is 7.33. The highest BCUT2D eigenvalue weighted by atomic mass is 19.4. The number of benzene rings is 2. The number of nitrogens with one attached hydrogen (secondary N) is 2. The SMILES string of the molecule is CC(=O)[C@@H](c1conc1C)[C@@H](CCC(F)(F)F)C(=O)N[C@H]1N=C(c2ccccc2)c2cccc3c2N(CCN3)C1=O. The average molecular weight is 568 g/mol. The number of aromatic nitrogens is 1. The van der Waals surface area contributed by atoms with Gasteiger partial charge in [0.25, 0.3) is 5.91 Å². The number of halogens is 3. The van der Waals surface area contributed by atoms with Gasteiger partial charge in [0, 0.05) is 36.2 Å². The van der Waals surface area contributed by atoms with Crippen LogP contribution in [0.1, 0.15) is 48.1 Å². The summed E-state index contributed by atoms with van der Waals surface area (Å²) in [6, 6.07) is 14.6. The summed E-state index contributed by atoms with van der Waals surface area (Å²) in [5, 5.41) is 9.62. The summed E-state index contributed by atoms with van der Waals surface area (Å²) in [7, 11) is 0. The van der Waals surface area contributed by atoms with Gasteiger partial charge in [-0.15, -0.1) is 0 Å². The van der Waals surface area contributed by atoms with Crippen molar-refractivity contribution in [3.8, 4) is 0 Å². The fraction of sp³-hybridized carbons (Fsp3) is 0.345. The molecule has 1 aromatic heterocycles. The summed E-state index contributed by atoms with van der Waals surface area (Å²) in [6.45, 7) is 3.49. The molecule has 3 atom stereocenters. The van der Waals surface area contributed by atoms with Crippen molar-refractivity contribution in [3.63, 3.8) is 0 Å². The van der Waals surface area contributed by atoms with Gasteiger partial charge in [-0.1, -0.05) is 47.6 Å². The van der Waals surface area contributed by atoms with Crippen LogP contribution in [0.2, 0.25) is 0 Å². The number of Topliss-reactive ketones (excluding diaryl/α,β-unsaturated/α-hetero) is 1. The molecule has 12 heteroatoms. The third-order valence-electron chi connectivity index (χ3n) is 7.33. The highest BCUT2D eigenvalue weighted by Crippen LogP contribution is 2.38. The van der Waals surface area contributed by atoms with Gasteiger partial charge in [-0.2, -0.15) is 13.2 Å². The number of alkyl halides is 3. The van der Waals surface area contributed by atoms with Crippen LogP contribution in [0.25, 0.3) is 0 Å². The van der Waals surface area contributed by atoms with Crippen LogP contribution in [0.15, 0.2) is 64.3 Å². The maximum absolute atomic E-state index is 13.9. The molecule has 3 heterocycles. The minimum atomic E-state index is -4.57. The molecule has 2 aliphatic heterocycles. The number of carbonyl (C=O) groups is 3. The molecule has 0 aliphatic carbocycles. The Morgan fingerprint density at radius 1 is 1.17 bits per heavy atom. The summed E-state index contributed by atoms with van der Waals surface area (Å²) in [4.78, 5) is 46.6. The molecule has 9 nitrogen and oxygen atoms in total. The summed E-state index contributed by atoms with van der Waals surface area (Å²) < 4.78 is 44.9. The number of hydrogen-bond donors (Lipinski definition) is 2. The molecule has 2 aromatic carbocycles. The van der Waals surface area contributed by atoms with E-state index in [9.17, 15) is 27.6 Å². The fourth-order valence-corrected chi connectivity index (χ4v) is 5.45. The molecule has 0 saturated heterocycles. The van der Waals surface area contributed by atoms with E-state index in [1.54, 1.807) is 0 Å². The van der Waals surface area contributed by atoms with Crippen LogP contribution in [-0.2, 0) is 14.4 Å². The normalized spacial score (nSPS) is 18.0. The van der Waals surface area contributed by atoms with Gasteiger partial charge in [-0.3, -0.25) is 14.4 Å². The molecule has 41 heavy (non-hydrogen) atoms. The third kappa shape index (κ3) is 5.72. The molecule has 0 spiro atoms. The molecule has 0 radical (unpaired) electrons. The first kappa shape index (κ1) is 28.1. The topological polar surface area (TPSA) is 117 Å². The molecule has 0 saturated carbocycles. The summed E-state index contributed by atoms with van der Waals surface area (Å²) in [5.74, 6) is -4.68. The monoisotopic (exact) mass is 567 g/mol. The standard InChI is InChI=1S/C29H28F3N5O4/c1-16-21(15-41-36-16)23(17(2)38)19(11-12-29(30,31)32)27(39)35-26-28(40)37-14-13-33-22-10-6-9-20(25(22)37)24(34-26)18-7-4-3-5-8-18/h3-10,15,19,23,26,33H,11-14H2,1-2H3,(H,35,39)/t19-,23-,26-/m1/s1. The number of rotatable bonds is 8. The van der Waals surface area contributed by atoms with E-state index in [1.165, 1.54) is 18.7 Å². The van der Waals surface area contributed by atoms with E-state index in [-0.39, 0.29) is 11.3 Å². The van der Waals surface area contributed by atoms with Gasteiger partial charge in [-0.05, 0) is 26.3 Å². The molecule has 2 aliphatic rings. The number of amides is 2. The average Bonchev–Trinajstić information content (AvgIpc) is 3.31. The Morgan fingerprint density at radius 3 is 2.59 bits per heavy atom. The van der Waals surface area contributed by atoms with Crippen molar-refractivity contribution in [1.82, 2.24) is 10.5 Å². The Balaban J connectivity index is 1.56. The van der Waals surface area contributed by atoms with Gasteiger partial charge in [0.2, 0.25) is 12.1 Å². The van der Waals surface area contributed by atoms with E-state index in [2.05, 4.69) is 20.8 Å². The molecule has 214 valence electrons. The Kier molecular flexibility index (Phi) is 7.65. The quantitative estimate of drug-likeness (QED) is 0.418. The van der Waals surface area contributed by atoms with Crippen molar-refractivity contribution in [1.29, 1.82) is 0 Å². The number of hydrogen-bond acceptors (Lipinski definition) is 7. The maximum atomic E-state index is 13.9. The van der Waals surface area contributed by atoms with Gasteiger partial charge in [0.05, 0.1) is 34.6 Å². The van der Waals surface area contributed by atoms with Crippen molar-refractivity contribution < 1.29 is 32.1 Å². The Hall–Kier alpha value is -4.48. The molecule has 3 aromatic rings. The highest BCUT2D eigenvalue weighted by molar-refractivity contribution is 6.22. The molecule has 5 rings (SSSR count). The molecular weight excluding hydrogens is 539 g/mol. The van der Waals surface area contributed by atoms with Crippen LogP contribution >= 0.6 is 0 Å². The first-order valence-electron chi connectivity index (χ1n) is 13.2. The molecule has 2 N–H and O–H groups in total. The van der Waals surface area contributed by atoms with Crippen LogP contribution in [0.5, 0.6) is 0 Å². The molecule has 0 fully saturated rings. The second-order valence-electron chi connectivity index (χ2n) is 10.1. The lowest BCUT2D eigenvalue weighted by atomic mass is 9.80. The summed E-state index contributed by atoms with van der Waals surface area (Å²) >= 11 is 0. The zero-order chi connectivity index (χ0) is 29.3. The van der Waals surface area contributed by atoms with Crippen molar-refractivity contribution in [2.24, 2.45) is 10.9 Å². The lowest BCUT2D eigenvalue weighted by Gasteiger charge is -2.32. The number of para-hydroxylation sites is 1. The second kappa shape index (κ2) is 11.2. The number of nitrogens with zero attached hydrogens (tertiary/aromatic N) is 3. The first-order valence-corrected chi connectivity index (χ1v) is 13.2. The molecular formula is C29H28F3N5O4. The van der Waals surface area contributed by atoms with Crippen LogP contribution in [-0.4, -0.2) is 53.9 Å². The first-order chi connectivity index (χ1) is 19.5. The lowest BCUT2D eigenvalue weighted by Crippen LogP contribution is -2.51. The van der Waals surface area contributed by atoms with E-state index < -0.39 is 54.6 Å². The number of carbonyl (C=O) groups excluding carboxylic acids is 3. The number of ketones is 1. The van der Waals surface area contributed by atoms with Crippen molar-refractivity contribution >= 4 is 34.7 Å². The van der Waals surface area contributed by atoms with Crippen LogP contribution < -0.4 is 15.5 Å². The van der Waals surface area contributed by atoms with E-state index in [0.717, 1.165) is 12.0 Å². The lowest BCUT2D eigenvalue weighted by molar-refractivity contribution is -0.144. The van der Waals surface area contributed by atoms with Crippen LogP contribution in [0.3, 0.4) is 0 Å². The number of anilines is 2. The van der Waals surface area contributed by atoms with Gasteiger partial charge >= 0.3 is 6.18 Å². The van der Waals surface area contributed by atoms with Crippen molar-refractivity contribution in [2.75, 3.05) is 23.3 Å². The largest absolute Gasteiger partial charge is 0.389 e.